The Morgan fingerprint density at radius 2 is 1.79 bits per heavy atom. The maximum atomic E-state index is 12.4. The van der Waals surface area contributed by atoms with Gasteiger partial charge in [-0.3, -0.25) is 9.78 Å². The number of carbonyl (C=O) groups excluding carboxylic acids is 1. The Hall–Kier alpha value is -3.71. The third kappa shape index (κ3) is 5.75. The molecule has 2 amide bonds. The van der Waals surface area contributed by atoms with Crippen LogP contribution in [0, 0.1) is 0 Å². The topological polar surface area (TPSA) is 91.8 Å². The van der Waals surface area contributed by atoms with Gasteiger partial charge in [0.15, 0.2) is 0 Å². The summed E-state index contributed by atoms with van der Waals surface area (Å²) in [5.74, 6) is -0.0633. The minimum absolute atomic E-state index is 0.124. The summed E-state index contributed by atoms with van der Waals surface area (Å²) >= 11 is 0. The highest BCUT2D eigenvalue weighted by Gasteiger charge is 2.33. The number of benzene rings is 2. The quantitative estimate of drug-likeness (QED) is 0.572. The lowest BCUT2D eigenvalue weighted by molar-refractivity contribution is -0.0202. The standard InChI is InChI=1S/C26H27N3O4/c30-25(21-11-6-13-27-15-21)28-16-20-9-4-5-10-22(20)18-33-24-17-29(26(31)32)14-12-23(24)19-7-2-1-3-8-19/h1-11,13,15,23-24H,12,14,16-18H2,(H,28,30)(H,31,32). The zero-order valence-corrected chi connectivity index (χ0v) is 18.3. The van der Waals surface area contributed by atoms with Crippen LogP contribution >= 0.6 is 0 Å². The molecule has 1 aliphatic heterocycles. The monoisotopic (exact) mass is 445 g/mol. The molecular formula is C26H27N3O4. The van der Waals surface area contributed by atoms with E-state index in [1.165, 1.54) is 11.1 Å². The van der Waals surface area contributed by atoms with Crippen LogP contribution in [-0.2, 0) is 17.9 Å². The molecule has 7 heteroatoms. The number of ether oxygens (including phenoxy) is 1. The van der Waals surface area contributed by atoms with Gasteiger partial charge in [0.25, 0.3) is 5.91 Å². The lowest BCUT2D eigenvalue weighted by Gasteiger charge is -2.37. The molecule has 1 aromatic heterocycles. The molecule has 1 fully saturated rings. The van der Waals surface area contributed by atoms with Gasteiger partial charge in [-0.2, -0.15) is 0 Å². The molecule has 0 radical (unpaired) electrons. The fourth-order valence-electron chi connectivity index (χ4n) is 4.18. The molecule has 4 rings (SSSR count). The van der Waals surface area contributed by atoms with Gasteiger partial charge < -0.3 is 20.1 Å². The highest BCUT2D eigenvalue weighted by atomic mass is 16.5. The van der Waals surface area contributed by atoms with Crippen LogP contribution in [0.25, 0.3) is 0 Å². The molecule has 7 nitrogen and oxygen atoms in total. The zero-order chi connectivity index (χ0) is 23.0. The van der Waals surface area contributed by atoms with Gasteiger partial charge in [-0.1, -0.05) is 54.6 Å². The first-order valence-electron chi connectivity index (χ1n) is 11.0. The van der Waals surface area contributed by atoms with Crippen molar-refractivity contribution in [2.45, 2.75) is 31.6 Å². The summed E-state index contributed by atoms with van der Waals surface area (Å²) in [4.78, 5) is 29.4. The van der Waals surface area contributed by atoms with Crippen molar-refractivity contribution < 1.29 is 19.4 Å². The molecule has 170 valence electrons. The van der Waals surface area contributed by atoms with E-state index in [0.29, 0.717) is 38.2 Å². The van der Waals surface area contributed by atoms with E-state index in [1.54, 1.807) is 18.3 Å². The molecule has 1 saturated heterocycles. The van der Waals surface area contributed by atoms with Crippen LogP contribution in [0.4, 0.5) is 4.79 Å². The summed E-state index contributed by atoms with van der Waals surface area (Å²) in [7, 11) is 0. The molecule has 2 aromatic carbocycles. The number of nitrogens with zero attached hydrogens (tertiary/aromatic N) is 2. The van der Waals surface area contributed by atoms with Crippen LogP contribution in [0.5, 0.6) is 0 Å². The van der Waals surface area contributed by atoms with Gasteiger partial charge in [0.05, 0.1) is 24.8 Å². The van der Waals surface area contributed by atoms with E-state index in [1.807, 2.05) is 42.5 Å². The first kappa shape index (κ1) is 22.5. The largest absolute Gasteiger partial charge is 0.465 e. The molecule has 33 heavy (non-hydrogen) atoms. The summed E-state index contributed by atoms with van der Waals surface area (Å²) in [6, 6.07) is 21.3. The number of carbonyl (C=O) groups is 2. The second-order valence-corrected chi connectivity index (χ2v) is 8.08. The lowest BCUT2D eigenvalue weighted by atomic mass is 9.87. The SMILES string of the molecule is O=C(NCc1ccccc1COC1CN(C(=O)O)CCC1c1ccccc1)c1cccnc1. The Morgan fingerprint density at radius 1 is 1.03 bits per heavy atom. The fraction of sp³-hybridized carbons (Fsp3) is 0.269. The molecule has 1 aliphatic rings. The van der Waals surface area contributed by atoms with Gasteiger partial charge in [-0.25, -0.2) is 4.79 Å². The lowest BCUT2D eigenvalue weighted by Crippen LogP contribution is -2.46. The second-order valence-electron chi connectivity index (χ2n) is 8.08. The van der Waals surface area contributed by atoms with Gasteiger partial charge in [-0.15, -0.1) is 0 Å². The van der Waals surface area contributed by atoms with E-state index >= 15 is 0 Å². The van der Waals surface area contributed by atoms with Crippen LogP contribution in [0.15, 0.2) is 79.1 Å². The van der Waals surface area contributed by atoms with Gasteiger partial charge >= 0.3 is 6.09 Å². The summed E-state index contributed by atoms with van der Waals surface area (Å²) in [6.45, 7) is 1.52. The van der Waals surface area contributed by atoms with Crippen molar-refractivity contribution in [3.63, 3.8) is 0 Å². The first-order valence-corrected chi connectivity index (χ1v) is 11.0. The average Bonchev–Trinajstić information content (AvgIpc) is 2.87. The minimum atomic E-state index is -0.923. The molecule has 2 atom stereocenters. The van der Waals surface area contributed by atoms with Crippen molar-refractivity contribution >= 4 is 12.0 Å². The van der Waals surface area contributed by atoms with Gasteiger partial charge in [0, 0.05) is 31.4 Å². The Kier molecular flexibility index (Phi) is 7.32. The Labute approximate surface area is 193 Å². The molecule has 2 unspecified atom stereocenters. The normalized spacial score (nSPS) is 18.0. The summed E-state index contributed by atoms with van der Waals surface area (Å²) in [6.07, 6.45) is 2.70. The summed E-state index contributed by atoms with van der Waals surface area (Å²) < 4.78 is 6.32. The first-order chi connectivity index (χ1) is 16.1. The van der Waals surface area contributed by atoms with Crippen LogP contribution in [0.3, 0.4) is 0 Å². The minimum Gasteiger partial charge on any atom is -0.465 e. The average molecular weight is 446 g/mol. The van der Waals surface area contributed by atoms with Crippen molar-refractivity contribution in [1.82, 2.24) is 15.2 Å². The van der Waals surface area contributed by atoms with Crippen LogP contribution in [-0.4, -0.2) is 46.2 Å². The van der Waals surface area contributed by atoms with Crippen molar-refractivity contribution in [2.75, 3.05) is 13.1 Å². The van der Waals surface area contributed by atoms with Crippen molar-refractivity contribution in [3.8, 4) is 0 Å². The Balaban J connectivity index is 1.44. The number of nitrogens with one attached hydrogen (secondary N) is 1. The third-order valence-corrected chi connectivity index (χ3v) is 5.99. The van der Waals surface area contributed by atoms with Crippen molar-refractivity contribution in [1.29, 1.82) is 0 Å². The number of hydrogen-bond donors (Lipinski definition) is 2. The van der Waals surface area contributed by atoms with E-state index in [9.17, 15) is 14.7 Å². The number of rotatable bonds is 7. The van der Waals surface area contributed by atoms with E-state index < -0.39 is 6.09 Å². The zero-order valence-electron chi connectivity index (χ0n) is 18.3. The number of hydrogen-bond acceptors (Lipinski definition) is 4. The van der Waals surface area contributed by atoms with E-state index in [-0.39, 0.29) is 17.9 Å². The molecule has 0 saturated carbocycles. The van der Waals surface area contributed by atoms with Gasteiger partial charge in [-0.05, 0) is 35.2 Å². The maximum Gasteiger partial charge on any atom is 0.407 e. The predicted octanol–water partition coefficient (Wildman–Crippen LogP) is 4.06. The van der Waals surface area contributed by atoms with Crippen LogP contribution < -0.4 is 5.32 Å². The maximum absolute atomic E-state index is 12.4. The number of pyridine rings is 1. The van der Waals surface area contributed by atoms with Gasteiger partial charge in [0.1, 0.15) is 0 Å². The second kappa shape index (κ2) is 10.7. The predicted molar refractivity (Wildman–Crippen MR) is 124 cm³/mol. The Bertz CT molecular complexity index is 1080. The highest BCUT2D eigenvalue weighted by molar-refractivity contribution is 5.93. The Morgan fingerprint density at radius 3 is 2.52 bits per heavy atom. The fourth-order valence-corrected chi connectivity index (χ4v) is 4.18. The molecule has 3 aromatic rings. The molecule has 2 heterocycles. The summed E-state index contributed by atoms with van der Waals surface area (Å²) in [5.41, 5.74) is 3.58. The number of aromatic nitrogens is 1. The number of likely N-dealkylation sites (tertiary alicyclic amines) is 1. The number of amides is 2. The third-order valence-electron chi connectivity index (χ3n) is 5.99. The smallest absolute Gasteiger partial charge is 0.407 e. The van der Waals surface area contributed by atoms with Crippen molar-refractivity contribution in [3.05, 3.63) is 101 Å². The van der Waals surface area contributed by atoms with Gasteiger partial charge in [0.2, 0.25) is 0 Å². The highest BCUT2D eigenvalue weighted by Crippen LogP contribution is 2.31. The van der Waals surface area contributed by atoms with Crippen LogP contribution in [0.2, 0.25) is 0 Å². The molecule has 0 bridgehead atoms. The van der Waals surface area contributed by atoms with E-state index in [2.05, 4.69) is 22.4 Å². The van der Waals surface area contributed by atoms with Crippen molar-refractivity contribution in [2.24, 2.45) is 0 Å². The molecule has 2 N–H and O–H groups in total. The summed E-state index contributed by atoms with van der Waals surface area (Å²) in [5, 5.41) is 12.4. The molecule has 0 spiro atoms. The van der Waals surface area contributed by atoms with Crippen LogP contribution in [0.1, 0.15) is 39.4 Å². The molecule has 0 aliphatic carbocycles. The molecular weight excluding hydrogens is 418 g/mol. The van der Waals surface area contributed by atoms with E-state index in [0.717, 1.165) is 16.7 Å². The van der Waals surface area contributed by atoms with E-state index in [4.69, 9.17) is 4.74 Å². The number of carboxylic acid groups (broad SMARTS) is 1. The number of piperidine rings is 1.